The van der Waals surface area contributed by atoms with Crippen LogP contribution in [0.4, 0.5) is 11.6 Å². The average molecular weight is 498 g/mol. The molecule has 2 heterocycles. The van der Waals surface area contributed by atoms with Gasteiger partial charge in [0.05, 0.1) is 17.9 Å². The number of methoxy groups -OCH3 is 1. The van der Waals surface area contributed by atoms with Gasteiger partial charge in [-0.2, -0.15) is 4.98 Å². The Morgan fingerprint density at radius 3 is 2.83 bits per heavy atom. The Labute approximate surface area is 208 Å². The van der Waals surface area contributed by atoms with Crippen molar-refractivity contribution in [3.8, 4) is 16.3 Å². The van der Waals surface area contributed by atoms with Crippen molar-refractivity contribution in [3.05, 3.63) is 47.2 Å². The molecule has 1 saturated carbocycles. The van der Waals surface area contributed by atoms with Crippen LogP contribution in [0.2, 0.25) is 0 Å². The molecule has 0 saturated heterocycles. The van der Waals surface area contributed by atoms with Gasteiger partial charge in [0.25, 0.3) is 0 Å². The summed E-state index contributed by atoms with van der Waals surface area (Å²) in [6.07, 6.45) is 5.34. The summed E-state index contributed by atoms with van der Waals surface area (Å²) in [7, 11) is 1.55. The number of carboxylic acid groups (broad SMARTS) is 1. The highest BCUT2D eigenvalue weighted by atomic mass is 32.1. The lowest BCUT2D eigenvalue weighted by Gasteiger charge is -2.39. The zero-order valence-electron chi connectivity index (χ0n) is 20.1. The van der Waals surface area contributed by atoms with Crippen LogP contribution < -0.4 is 15.8 Å². The van der Waals surface area contributed by atoms with Crippen LogP contribution in [-0.4, -0.2) is 38.2 Å². The molecule has 4 unspecified atom stereocenters. The van der Waals surface area contributed by atoms with Crippen molar-refractivity contribution >= 4 is 28.9 Å². The molecule has 186 valence electrons. The molecule has 35 heavy (non-hydrogen) atoms. The molecule has 4 atom stereocenters. The predicted octanol–water partition coefficient (Wildman–Crippen LogP) is 4.16. The molecule has 10 heteroatoms. The highest BCUT2D eigenvalue weighted by Crippen LogP contribution is 2.45. The van der Waals surface area contributed by atoms with Gasteiger partial charge in [-0.15, -0.1) is 11.3 Å². The summed E-state index contributed by atoms with van der Waals surface area (Å²) in [5.74, 6) is -0.461. The van der Waals surface area contributed by atoms with Gasteiger partial charge >= 0.3 is 5.97 Å². The van der Waals surface area contributed by atoms with Crippen molar-refractivity contribution in [3.63, 3.8) is 0 Å². The first-order chi connectivity index (χ1) is 16.7. The Bertz CT molecular complexity index is 1200. The second-order valence-electron chi connectivity index (χ2n) is 9.28. The lowest BCUT2D eigenvalue weighted by atomic mass is 9.69. The van der Waals surface area contributed by atoms with E-state index in [4.69, 9.17) is 10.5 Å². The van der Waals surface area contributed by atoms with Gasteiger partial charge in [-0.3, -0.25) is 4.79 Å². The van der Waals surface area contributed by atoms with E-state index in [9.17, 15) is 15.0 Å². The minimum atomic E-state index is -1.21. The van der Waals surface area contributed by atoms with Crippen LogP contribution in [0.1, 0.15) is 43.7 Å². The van der Waals surface area contributed by atoms with Crippen LogP contribution in [-0.2, 0) is 16.9 Å². The van der Waals surface area contributed by atoms with E-state index in [0.717, 1.165) is 34.5 Å². The lowest BCUT2D eigenvalue weighted by Crippen LogP contribution is -2.39. The van der Waals surface area contributed by atoms with Gasteiger partial charge in [0, 0.05) is 30.7 Å². The summed E-state index contributed by atoms with van der Waals surface area (Å²) in [6.45, 7) is 4.07. The number of aliphatic hydroxyl groups is 1. The maximum absolute atomic E-state index is 11.7. The lowest BCUT2D eigenvalue weighted by molar-refractivity contribution is -0.147. The second kappa shape index (κ2) is 10.3. The average Bonchev–Trinajstić information content (AvgIpc) is 3.35. The first-order valence-electron chi connectivity index (χ1n) is 11.6. The van der Waals surface area contributed by atoms with E-state index in [2.05, 4.69) is 20.3 Å². The zero-order valence-corrected chi connectivity index (χ0v) is 20.9. The highest BCUT2D eigenvalue weighted by Gasteiger charge is 2.43. The molecule has 0 bridgehead atoms. The SMILES string of the molecule is COc1ccnc(Nc2cc(CN)cc(-c3cnc(C(C)(O)C4CCC(C)C(C(=O)O)C4)s3)c2)n1. The molecule has 2 aromatic heterocycles. The van der Waals surface area contributed by atoms with E-state index in [-0.39, 0.29) is 11.8 Å². The standard InChI is InChI=1S/C25H31N5O4S/c1-14-4-5-17(11-19(14)22(31)32)25(2,33)23-28-13-20(35-23)16-8-15(12-26)9-18(10-16)29-24-27-7-6-21(30-24)34-3/h6-10,13-14,17,19,33H,4-5,11-12,26H2,1-3H3,(H,31,32)(H,27,29,30). The van der Waals surface area contributed by atoms with Crippen LogP contribution in [0, 0.1) is 17.8 Å². The molecular formula is C25H31N5O4S. The quantitative estimate of drug-likeness (QED) is 0.361. The fourth-order valence-corrected chi connectivity index (χ4v) is 5.69. The third-order valence-corrected chi connectivity index (χ3v) is 8.13. The van der Waals surface area contributed by atoms with Gasteiger partial charge in [0.15, 0.2) is 0 Å². The van der Waals surface area contributed by atoms with E-state index in [1.807, 2.05) is 25.1 Å². The summed E-state index contributed by atoms with van der Waals surface area (Å²) in [5, 5.41) is 24.8. The number of ether oxygens (including phenoxy) is 1. The van der Waals surface area contributed by atoms with Gasteiger partial charge in [-0.1, -0.05) is 6.92 Å². The monoisotopic (exact) mass is 497 g/mol. The van der Waals surface area contributed by atoms with Gasteiger partial charge in [-0.25, -0.2) is 9.97 Å². The number of anilines is 2. The molecule has 9 nitrogen and oxygen atoms in total. The van der Waals surface area contributed by atoms with E-state index < -0.39 is 17.5 Å². The van der Waals surface area contributed by atoms with E-state index in [1.165, 1.54) is 11.3 Å². The van der Waals surface area contributed by atoms with Crippen LogP contribution in [0.3, 0.4) is 0 Å². The van der Waals surface area contributed by atoms with Crippen LogP contribution >= 0.6 is 11.3 Å². The molecule has 1 aliphatic carbocycles. The number of nitrogens with one attached hydrogen (secondary N) is 1. The zero-order chi connectivity index (χ0) is 25.2. The van der Waals surface area contributed by atoms with E-state index in [1.54, 1.807) is 32.5 Å². The minimum Gasteiger partial charge on any atom is -0.481 e. The third kappa shape index (κ3) is 5.44. The number of rotatable bonds is 8. The van der Waals surface area contributed by atoms with Gasteiger partial charge < -0.3 is 26.0 Å². The number of thiazole rings is 1. The fraction of sp³-hybridized carbons (Fsp3) is 0.440. The molecule has 1 aromatic carbocycles. The summed E-state index contributed by atoms with van der Waals surface area (Å²) in [6, 6.07) is 7.55. The molecule has 0 spiro atoms. The predicted molar refractivity (Wildman–Crippen MR) is 135 cm³/mol. The Hall–Kier alpha value is -3.08. The molecule has 1 fully saturated rings. The first-order valence-corrected chi connectivity index (χ1v) is 12.4. The molecule has 0 amide bonds. The number of hydrogen-bond acceptors (Lipinski definition) is 9. The molecule has 0 radical (unpaired) electrons. The summed E-state index contributed by atoms with van der Waals surface area (Å²) >= 11 is 1.41. The maximum Gasteiger partial charge on any atom is 0.306 e. The molecular weight excluding hydrogens is 466 g/mol. The molecule has 0 aliphatic heterocycles. The number of carbonyl (C=O) groups is 1. The number of carboxylic acids is 1. The van der Waals surface area contributed by atoms with Crippen molar-refractivity contribution < 1.29 is 19.7 Å². The normalized spacial score (nSPS) is 21.8. The Balaban J connectivity index is 1.59. The second-order valence-corrected chi connectivity index (χ2v) is 10.3. The minimum absolute atomic E-state index is 0.102. The van der Waals surface area contributed by atoms with Crippen LogP contribution in [0.15, 0.2) is 36.7 Å². The van der Waals surface area contributed by atoms with Crippen molar-refractivity contribution in [1.29, 1.82) is 0 Å². The summed E-state index contributed by atoms with van der Waals surface area (Å²) in [5.41, 5.74) is 7.32. The molecule has 3 aromatic rings. The van der Waals surface area contributed by atoms with Crippen molar-refractivity contribution in [2.45, 2.75) is 45.3 Å². The summed E-state index contributed by atoms with van der Waals surface area (Å²) < 4.78 is 5.17. The number of aliphatic carboxylic acids is 1. The number of nitrogens with zero attached hydrogens (tertiary/aromatic N) is 3. The van der Waals surface area contributed by atoms with E-state index in [0.29, 0.717) is 29.8 Å². The fourth-order valence-electron chi connectivity index (χ4n) is 4.66. The Morgan fingerprint density at radius 2 is 2.11 bits per heavy atom. The number of aromatic nitrogens is 3. The number of benzene rings is 1. The van der Waals surface area contributed by atoms with E-state index >= 15 is 0 Å². The third-order valence-electron chi connectivity index (χ3n) is 6.85. The van der Waals surface area contributed by atoms with Crippen molar-refractivity contribution in [2.75, 3.05) is 12.4 Å². The topological polar surface area (TPSA) is 143 Å². The maximum atomic E-state index is 11.7. The van der Waals surface area contributed by atoms with Gasteiger partial charge in [0.1, 0.15) is 10.6 Å². The van der Waals surface area contributed by atoms with Crippen molar-refractivity contribution in [2.24, 2.45) is 23.5 Å². The first kappa shape index (κ1) is 25.0. The Kier molecular flexibility index (Phi) is 7.34. The summed E-state index contributed by atoms with van der Waals surface area (Å²) in [4.78, 5) is 25.7. The Morgan fingerprint density at radius 1 is 1.31 bits per heavy atom. The van der Waals surface area contributed by atoms with Crippen LogP contribution in [0.25, 0.3) is 10.4 Å². The number of hydrogen-bond donors (Lipinski definition) is 4. The smallest absolute Gasteiger partial charge is 0.306 e. The van der Waals surface area contributed by atoms with Crippen molar-refractivity contribution in [1.82, 2.24) is 15.0 Å². The molecule has 4 rings (SSSR count). The number of nitrogens with two attached hydrogens (primary N) is 1. The molecule has 5 N–H and O–H groups in total. The van der Waals surface area contributed by atoms with Gasteiger partial charge in [-0.05, 0) is 67.3 Å². The van der Waals surface area contributed by atoms with Crippen LogP contribution in [0.5, 0.6) is 5.88 Å². The largest absolute Gasteiger partial charge is 0.481 e. The van der Waals surface area contributed by atoms with Gasteiger partial charge in [0.2, 0.25) is 11.8 Å². The molecule has 1 aliphatic rings. The highest BCUT2D eigenvalue weighted by molar-refractivity contribution is 7.15.